The Morgan fingerprint density at radius 3 is 2.35 bits per heavy atom. The van der Waals surface area contributed by atoms with Crippen LogP contribution >= 0.6 is 23.2 Å². The molecule has 1 aromatic heterocycles. The van der Waals surface area contributed by atoms with Crippen LogP contribution in [0.2, 0.25) is 10.0 Å². The number of hydrogen-bond donors (Lipinski definition) is 2. The van der Waals surface area contributed by atoms with Gasteiger partial charge in [0.05, 0.1) is 27.1 Å². The van der Waals surface area contributed by atoms with Gasteiger partial charge in [0, 0.05) is 7.05 Å². The second-order valence-corrected chi connectivity index (χ2v) is 4.51. The highest BCUT2D eigenvalue weighted by molar-refractivity contribution is 6.39. The number of nitrogens with one attached hydrogen (secondary N) is 1. The minimum absolute atomic E-state index is 0.538. The van der Waals surface area contributed by atoms with Gasteiger partial charge in [-0.15, -0.1) is 0 Å². The largest absolute Gasteiger partial charge is 0.394 e. The van der Waals surface area contributed by atoms with E-state index in [1.165, 1.54) is 0 Å². The molecule has 0 unspecified atom stereocenters. The number of aromatic nitrogens is 2. The van der Waals surface area contributed by atoms with Gasteiger partial charge in [-0.3, -0.25) is 4.68 Å². The summed E-state index contributed by atoms with van der Waals surface area (Å²) >= 11 is 12.1. The summed E-state index contributed by atoms with van der Waals surface area (Å²) in [5.41, 5.74) is 7.90. The summed E-state index contributed by atoms with van der Waals surface area (Å²) in [5, 5.41) is 8.39. The van der Waals surface area contributed by atoms with Crippen molar-refractivity contribution >= 4 is 40.4 Å². The van der Waals surface area contributed by atoms with Crippen LogP contribution in [0.5, 0.6) is 0 Å². The summed E-state index contributed by atoms with van der Waals surface area (Å²) in [6, 6.07) is 5.30. The van der Waals surface area contributed by atoms with Gasteiger partial charge in [0.1, 0.15) is 0 Å². The van der Waals surface area contributed by atoms with Gasteiger partial charge in [0.2, 0.25) is 0 Å². The minimum Gasteiger partial charge on any atom is -0.394 e. The summed E-state index contributed by atoms with van der Waals surface area (Å²) in [6.45, 7) is 1.84. The molecule has 0 saturated carbocycles. The Kier molecular flexibility index (Phi) is 3.17. The molecule has 90 valence electrons. The third-order valence-electron chi connectivity index (χ3n) is 2.47. The average Bonchev–Trinajstić information content (AvgIpc) is 2.49. The molecule has 0 amide bonds. The van der Waals surface area contributed by atoms with Crippen molar-refractivity contribution < 1.29 is 0 Å². The van der Waals surface area contributed by atoms with Crippen LogP contribution in [0, 0.1) is 6.92 Å². The van der Waals surface area contributed by atoms with Crippen molar-refractivity contribution in [1.82, 2.24) is 9.78 Å². The van der Waals surface area contributed by atoms with Crippen molar-refractivity contribution in [3.05, 3.63) is 33.9 Å². The Balaban J connectivity index is 2.45. The Morgan fingerprint density at radius 1 is 1.29 bits per heavy atom. The van der Waals surface area contributed by atoms with Crippen LogP contribution in [-0.4, -0.2) is 9.78 Å². The minimum atomic E-state index is 0.538. The Hall–Kier alpha value is -1.39. The predicted octanol–water partition coefficient (Wildman–Crippen LogP) is 3.36. The molecular formula is C11H12Cl2N4. The molecule has 1 aromatic carbocycles. The molecule has 0 atom stereocenters. The second-order valence-electron chi connectivity index (χ2n) is 3.69. The predicted molar refractivity (Wildman–Crippen MR) is 72.1 cm³/mol. The maximum atomic E-state index is 6.07. The van der Waals surface area contributed by atoms with Crippen LogP contribution in [0.4, 0.5) is 17.2 Å². The highest BCUT2D eigenvalue weighted by atomic mass is 35.5. The Bertz CT molecular complexity index is 543. The number of benzene rings is 1. The molecule has 2 rings (SSSR count). The normalized spacial score (nSPS) is 10.6. The Morgan fingerprint density at radius 2 is 1.88 bits per heavy atom. The quantitative estimate of drug-likeness (QED) is 0.880. The smallest absolute Gasteiger partial charge is 0.152 e. The second kappa shape index (κ2) is 4.47. The molecule has 0 aliphatic carbocycles. The van der Waals surface area contributed by atoms with Crippen molar-refractivity contribution in [1.29, 1.82) is 0 Å². The summed E-state index contributed by atoms with van der Waals surface area (Å²) in [6.07, 6.45) is 0. The van der Waals surface area contributed by atoms with Crippen molar-refractivity contribution in [3.8, 4) is 0 Å². The zero-order valence-electron chi connectivity index (χ0n) is 9.46. The average molecular weight is 271 g/mol. The van der Waals surface area contributed by atoms with E-state index in [4.69, 9.17) is 28.9 Å². The maximum absolute atomic E-state index is 6.07. The zero-order chi connectivity index (χ0) is 12.6. The highest BCUT2D eigenvalue weighted by Crippen LogP contribution is 2.34. The number of hydrogen-bond acceptors (Lipinski definition) is 3. The van der Waals surface area contributed by atoms with E-state index in [1.807, 2.05) is 6.92 Å². The van der Waals surface area contributed by atoms with Crippen LogP contribution in [0.1, 0.15) is 5.69 Å². The van der Waals surface area contributed by atoms with E-state index in [0.717, 1.165) is 5.69 Å². The molecule has 0 aliphatic heterocycles. The van der Waals surface area contributed by atoms with E-state index in [2.05, 4.69) is 10.4 Å². The van der Waals surface area contributed by atoms with Gasteiger partial charge in [-0.25, -0.2) is 0 Å². The fraction of sp³-hybridized carbons (Fsp3) is 0.182. The van der Waals surface area contributed by atoms with E-state index in [0.29, 0.717) is 27.2 Å². The molecule has 0 fully saturated rings. The molecular weight excluding hydrogens is 259 g/mol. The van der Waals surface area contributed by atoms with Crippen LogP contribution in [0.25, 0.3) is 0 Å². The van der Waals surface area contributed by atoms with Gasteiger partial charge in [-0.05, 0) is 19.1 Å². The molecule has 3 N–H and O–H groups in total. The highest BCUT2D eigenvalue weighted by Gasteiger charge is 2.13. The standard InChI is InChI=1S/C11H12Cl2N4/c1-6-9(14)11(17(2)16-6)15-10-7(12)4-3-5-8(10)13/h3-5,15H,14H2,1-2H3. The first-order valence-electron chi connectivity index (χ1n) is 5.01. The number of para-hydroxylation sites is 1. The third kappa shape index (κ3) is 2.18. The molecule has 0 spiro atoms. The van der Waals surface area contributed by atoms with Crippen LogP contribution in [0.3, 0.4) is 0 Å². The van der Waals surface area contributed by atoms with Crippen LogP contribution in [-0.2, 0) is 7.05 Å². The lowest BCUT2D eigenvalue weighted by molar-refractivity contribution is 0.765. The lowest BCUT2D eigenvalue weighted by Gasteiger charge is -2.11. The summed E-state index contributed by atoms with van der Waals surface area (Å²) in [7, 11) is 1.80. The molecule has 0 saturated heterocycles. The van der Waals surface area contributed by atoms with Gasteiger partial charge in [-0.1, -0.05) is 29.3 Å². The van der Waals surface area contributed by atoms with Crippen LogP contribution in [0.15, 0.2) is 18.2 Å². The first kappa shape index (κ1) is 12.1. The lowest BCUT2D eigenvalue weighted by Crippen LogP contribution is -2.02. The summed E-state index contributed by atoms with van der Waals surface area (Å²) in [4.78, 5) is 0. The topological polar surface area (TPSA) is 55.9 Å². The fourth-order valence-corrected chi connectivity index (χ4v) is 2.05. The zero-order valence-corrected chi connectivity index (χ0v) is 11.0. The third-order valence-corrected chi connectivity index (χ3v) is 3.10. The number of rotatable bonds is 2. The molecule has 0 radical (unpaired) electrons. The SMILES string of the molecule is Cc1nn(C)c(Nc2c(Cl)cccc2Cl)c1N. The summed E-state index contributed by atoms with van der Waals surface area (Å²) in [5.74, 6) is 0.678. The molecule has 6 heteroatoms. The van der Waals surface area contributed by atoms with Crippen molar-refractivity contribution in [2.75, 3.05) is 11.1 Å². The molecule has 2 aromatic rings. The van der Waals surface area contributed by atoms with Gasteiger partial charge in [0.15, 0.2) is 5.82 Å². The number of aryl methyl sites for hydroxylation is 2. The number of nitrogen functional groups attached to an aromatic ring is 1. The molecule has 1 heterocycles. The van der Waals surface area contributed by atoms with E-state index < -0.39 is 0 Å². The van der Waals surface area contributed by atoms with Crippen molar-refractivity contribution in [2.45, 2.75) is 6.92 Å². The maximum Gasteiger partial charge on any atom is 0.152 e. The Labute approximate surface area is 109 Å². The summed E-state index contributed by atoms with van der Waals surface area (Å²) < 4.78 is 1.66. The number of nitrogens with two attached hydrogens (primary N) is 1. The lowest BCUT2D eigenvalue weighted by atomic mass is 10.3. The molecule has 0 bridgehead atoms. The number of nitrogens with zero attached hydrogens (tertiary/aromatic N) is 2. The van der Waals surface area contributed by atoms with Gasteiger partial charge >= 0.3 is 0 Å². The van der Waals surface area contributed by atoms with Crippen LogP contribution < -0.4 is 11.1 Å². The van der Waals surface area contributed by atoms with E-state index in [-0.39, 0.29) is 0 Å². The number of anilines is 3. The monoisotopic (exact) mass is 270 g/mol. The first-order chi connectivity index (χ1) is 8.00. The van der Waals surface area contributed by atoms with Gasteiger partial charge < -0.3 is 11.1 Å². The van der Waals surface area contributed by atoms with Gasteiger partial charge in [-0.2, -0.15) is 5.10 Å². The van der Waals surface area contributed by atoms with Gasteiger partial charge in [0.25, 0.3) is 0 Å². The van der Waals surface area contributed by atoms with E-state index in [1.54, 1.807) is 29.9 Å². The van der Waals surface area contributed by atoms with E-state index >= 15 is 0 Å². The van der Waals surface area contributed by atoms with Crippen molar-refractivity contribution in [2.24, 2.45) is 7.05 Å². The molecule has 4 nitrogen and oxygen atoms in total. The number of halogens is 2. The first-order valence-corrected chi connectivity index (χ1v) is 5.76. The van der Waals surface area contributed by atoms with E-state index in [9.17, 15) is 0 Å². The van der Waals surface area contributed by atoms with Crippen molar-refractivity contribution in [3.63, 3.8) is 0 Å². The molecule has 17 heavy (non-hydrogen) atoms. The molecule has 0 aliphatic rings. The fourth-order valence-electron chi connectivity index (χ4n) is 1.56.